The average molecular weight is 236 g/mol. The lowest BCUT2D eigenvalue weighted by Gasteiger charge is -2.54. The lowest BCUT2D eigenvalue weighted by atomic mass is 9.52. The molecule has 0 radical (unpaired) electrons. The van der Waals surface area contributed by atoms with Crippen molar-refractivity contribution in [3.8, 4) is 0 Å². The maximum atomic E-state index is 3.69. The summed E-state index contributed by atoms with van der Waals surface area (Å²) in [6.45, 7) is 6.85. The molecular weight excluding hydrogens is 208 g/mol. The minimum absolute atomic E-state index is 1.02. The molecule has 4 aliphatic carbocycles. The van der Waals surface area contributed by atoms with E-state index in [9.17, 15) is 0 Å². The summed E-state index contributed by atoms with van der Waals surface area (Å²) < 4.78 is 0. The molecule has 0 unspecified atom stereocenters. The van der Waals surface area contributed by atoms with Gasteiger partial charge in [-0.05, 0) is 74.8 Å². The Labute approximate surface area is 106 Å². The van der Waals surface area contributed by atoms with Gasteiger partial charge in [-0.1, -0.05) is 6.92 Å². The summed E-state index contributed by atoms with van der Waals surface area (Å²) in [7, 11) is 0. The van der Waals surface area contributed by atoms with E-state index >= 15 is 0 Å². The van der Waals surface area contributed by atoms with Crippen LogP contribution in [0.1, 0.15) is 39.0 Å². The van der Waals surface area contributed by atoms with E-state index < -0.39 is 0 Å². The van der Waals surface area contributed by atoms with Crippen LogP contribution in [0.25, 0.3) is 0 Å². The van der Waals surface area contributed by atoms with Crippen molar-refractivity contribution in [2.24, 2.45) is 29.6 Å². The van der Waals surface area contributed by atoms with Gasteiger partial charge in [0.05, 0.1) is 0 Å². The smallest absolute Gasteiger partial charge is 0.00768 e. The molecule has 17 heavy (non-hydrogen) atoms. The monoisotopic (exact) mass is 236 g/mol. The first-order valence-corrected chi connectivity index (χ1v) is 7.78. The molecule has 0 aromatic heterocycles. The molecule has 0 saturated heterocycles. The summed E-state index contributed by atoms with van der Waals surface area (Å²) in [4.78, 5) is 0. The molecule has 0 aromatic carbocycles. The van der Waals surface area contributed by atoms with Crippen molar-refractivity contribution in [3.05, 3.63) is 0 Å². The zero-order valence-corrected chi connectivity index (χ0v) is 11.3. The summed E-state index contributed by atoms with van der Waals surface area (Å²) in [5, 5.41) is 7.07. The van der Waals surface area contributed by atoms with Gasteiger partial charge in [-0.25, -0.2) is 0 Å². The molecule has 0 heterocycles. The van der Waals surface area contributed by atoms with Crippen LogP contribution in [0.15, 0.2) is 0 Å². The molecular formula is C15H28N2. The third kappa shape index (κ3) is 2.53. The molecule has 0 atom stereocenters. The topological polar surface area (TPSA) is 24.1 Å². The van der Waals surface area contributed by atoms with Gasteiger partial charge in [0.1, 0.15) is 0 Å². The van der Waals surface area contributed by atoms with E-state index in [4.69, 9.17) is 0 Å². The van der Waals surface area contributed by atoms with Gasteiger partial charge in [-0.15, -0.1) is 0 Å². The molecule has 0 amide bonds. The second kappa shape index (κ2) is 5.27. The van der Waals surface area contributed by atoms with E-state index in [2.05, 4.69) is 17.6 Å². The lowest BCUT2D eigenvalue weighted by Crippen LogP contribution is -2.48. The first kappa shape index (κ1) is 12.0. The Kier molecular flexibility index (Phi) is 3.72. The largest absolute Gasteiger partial charge is 0.316 e. The second-order valence-electron chi connectivity index (χ2n) is 6.65. The third-order valence-corrected chi connectivity index (χ3v) is 5.53. The van der Waals surface area contributed by atoms with Crippen LogP contribution in [-0.2, 0) is 0 Å². The zero-order valence-electron chi connectivity index (χ0n) is 11.3. The maximum Gasteiger partial charge on any atom is 0.00768 e. The zero-order chi connectivity index (χ0) is 11.7. The maximum absolute atomic E-state index is 3.69. The van der Waals surface area contributed by atoms with Gasteiger partial charge in [0.25, 0.3) is 0 Å². The summed E-state index contributed by atoms with van der Waals surface area (Å²) in [6.07, 6.45) is 7.83. The molecule has 2 heteroatoms. The van der Waals surface area contributed by atoms with Crippen LogP contribution in [0.3, 0.4) is 0 Å². The van der Waals surface area contributed by atoms with Crippen LogP contribution in [-0.4, -0.2) is 26.2 Å². The summed E-state index contributed by atoms with van der Waals surface area (Å²) >= 11 is 0. The molecule has 0 aliphatic heterocycles. The van der Waals surface area contributed by atoms with E-state index in [1.165, 1.54) is 6.54 Å². The molecule has 4 aliphatic rings. The van der Waals surface area contributed by atoms with Crippen molar-refractivity contribution in [1.29, 1.82) is 0 Å². The minimum atomic E-state index is 1.02. The minimum Gasteiger partial charge on any atom is -0.316 e. The Morgan fingerprint density at radius 2 is 1.41 bits per heavy atom. The molecule has 2 N–H and O–H groups in total. The quantitative estimate of drug-likeness (QED) is 0.691. The second-order valence-corrected chi connectivity index (χ2v) is 6.65. The van der Waals surface area contributed by atoms with Crippen molar-refractivity contribution >= 4 is 0 Å². The Morgan fingerprint density at radius 3 is 2.00 bits per heavy atom. The molecule has 4 bridgehead atoms. The van der Waals surface area contributed by atoms with E-state index in [1.807, 2.05) is 0 Å². The van der Waals surface area contributed by atoms with Crippen molar-refractivity contribution in [2.45, 2.75) is 39.0 Å². The fourth-order valence-corrected chi connectivity index (χ4v) is 4.99. The number of likely N-dealkylation sites (N-methyl/N-ethyl adjacent to an activating group) is 1. The standard InChI is InChI=1S/C15H28N2/c1-2-16-3-4-17-10-15-13-6-11-5-12(8-13)9-14(15)7-11/h11-17H,2-10H2,1H3. The Balaban J connectivity index is 1.44. The van der Waals surface area contributed by atoms with Crippen molar-refractivity contribution in [2.75, 3.05) is 26.2 Å². The van der Waals surface area contributed by atoms with Crippen molar-refractivity contribution in [1.82, 2.24) is 10.6 Å². The van der Waals surface area contributed by atoms with E-state index in [-0.39, 0.29) is 0 Å². The summed E-state index contributed by atoms with van der Waals surface area (Å²) in [6, 6.07) is 0. The predicted octanol–water partition coefficient (Wildman–Crippen LogP) is 2.26. The highest BCUT2D eigenvalue weighted by atomic mass is 14.9. The van der Waals surface area contributed by atoms with E-state index in [0.717, 1.165) is 49.2 Å². The molecule has 98 valence electrons. The first-order chi connectivity index (χ1) is 8.36. The van der Waals surface area contributed by atoms with Gasteiger partial charge >= 0.3 is 0 Å². The summed E-state index contributed by atoms with van der Waals surface area (Å²) in [5.74, 6) is 5.42. The molecule has 4 saturated carbocycles. The number of rotatable bonds is 6. The SMILES string of the molecule is CCNCCNCC1C2CC3CC(C2)CC1C3. The summed E-state index contributed by atoms with van der Waals surface area (Å²) in [5.41, 5.74) is 0. The lowest BCUT2D eigenvalue weighted by molar-refractivity contribution is -0.0353. The highest BCUT2D eigenvalue weighted by molar-refractivity contribution is 4.98. The molecule has 4 fully saturated rings. The highest BCUT2D eigenvalue weighted by Gasteiger charge is 2.47. The third-order valence-electron chi connectivity index (χ3n) is 5.53. The first-order valence-electron chi connectivity index (χ1n) is 7.78. The van der Waals surface area contributed by atoms with Gasteiger partial charge < -0.3 is 10.6 Å². The Hall–Kier alpha value is -0.0800. The molecule has 0 aromatic rings. The molecule has 4 rings (SSSR count). The van der Waals surface area contributed by atoms with Gasteiger partial charge in [0.15, 0.2) is 0 Å². The average Bonchev–Trinajstić information content (AvgIpc) is 2.31. The van der Waals surface area contributed by atoms with Gasteiger partial charge in [-0.3, -0.25) is 0 Å². The number of nitrogens with one attached hydrogen (secondary N) is 2. The number of hydrogen-bond acceptors (Lipinski definition) is 2. The van der Waals surface area contributed by atoms with Gasteiger partial charge in [-0.2, -0.15) is 0 Å². The van der Waals surface area contributed by atoms with Crippen LogP contribution >= 0.6 is 0 Å². The van der Waals surface area contributed by atoms with Crippen LogP contribution < -0.4 is 10.6 Å². The normalized spacial score (nSPS) is 43.2. The van der Waals surface area contributed by atoms with Crippen molar-refractivity contribution < 1.29 is 0 Å². The van der Waals surface area contributed by atoms with Crippen LogP contribution in [0.4, 0.5) is 0 Å². The Morgan fingerprint density at radius 1 is 0.824 bits per heavy atom. The van der Waals surface area contributed by atoms with Gasteiger partial charge in [0, 0.05) is 13.1 Å². The molecule has 2 nitrogen and oxygen atoms in total. The van der Waals surface area contributed by atoms with E-state index in [1.54, 1.807) is 32.1 Å². The number of hydrogen-bond donors (Lipinski definition) is 2. The fourth-order valence-electron chi connectivity index (χ4n) is 4.99. The van der Waals surface area contributed by atoms with Crippen LogP contribution in [0, 0.1) is 29.6 Å². The predicted molar refractivity (Wildman–Crippen MR) is 71.9 cm³/mol. The van der Waals surface area contributed by atoms with E-state index in [0.29, 0.717) is 0 Å². The van der Waals surface area contributed by atoms with Crippen LogP contribution in [0.5, 0.6) is 0 Å². The Bertz CT molecular complexity index is 223. The van der Waals surface area contributed by atoms with Crippen molar-refractivity contribution in [3.63, 3.8) is 0 Å². The molecule has 0 spiro atoms. The van der Waals surface area contributed by atoms with Gasteiger partial charge in [0.2, 0.25) is 0 Å². The highest BCUT2D eigenvalue weighted by Crippen LogP contribution is 2.56. The van der Waals surface area contributed by atoms with Crippen LogP contribution in [0.2, 0.25) is 0 Å². The fraction of sp³-hybridized carbons (Fsp3) is 1.00.